The summed E-state index contributed by atoms with van der Waals surface area (Å²) in [6, 6.07) is 17.1. The van der Waals surface area contributed by atoms with Gasteiger partial charge in [0, 0.05) is 22.0 Å². The average molecular weight is 307 g/mol. The molecule has 2 nitrogen and oxygen atoms in total. The zero-order valence-corrected chi connectivity index (χ0v) is 14.7. The minimum Gasteiger partial charge on any atom is -0.497 e. The summed E-state index contributed by atoms with van der Waals surface area (Å²) in [6.07, 6.45) is 0.994. The highest BCUT2D eigenvalue weighted by molar-refractivity contribution is 5.99. The zero-order valence-electron chi connectivity index (χ0n) is 14.7. The minimum atomic E-state index is 0.0166. The maximum atomic E-state index is 5.45. The number of benzene rings is 2. The van der Waals surface area contributed by atoms with Crippen LogP contribution in [0.2, 0.25) is 0 Å². The molecule has 0 aliphatic carbocycles. The van der Waals surface area contributed by atoms with Crippen LogP contribution in [0.4, 0.5) is 0 Å². The Kier molecular flexibility index (Phi) is 3.93. The van der Waals surface area contributed by atoms with Gasteiger partial charge in [-0.2, -0.15) is 0 Å². The largest absolute Gasteiger partial charge is 0.497 e. The van der Waals surface area contributed by atoms with Crippen molar-refractivity contribution in [3.8, 4) is 17.0 Å². The first-order valence-electron chi connectivity index (χ1n) is 8.24. The molecule has 0 atom stereocenters. The van der Waals surface area contributed by atoms with Crippen molar-refractivity contribution in [3.63, 3.8) is 0 Å². The normalized spacial score (nSPS) is 11.9. The number of ether oxygens (including phenoxy) is 1. The molecule has 3 aromatic rings. The van der Waals surface area contributed by atoms with Gasteiger partial charge in [0.05, 0.1) is 12.8 Å². The van der Waals surface area contributed by atoms with Gasteiger partial charge in [-0.15, -0.1) is 0 Å². The van der Waals surface area contributed by atoms with Crippen molar-refractivity contribution in [3.05, 3.63) is 54.2 Å². The van der Waals surface area contributed by atoms with Crippen molar-refractivity contribution in [1.82, 2.24) is 4.57 Å². The fourth-order valence-corrected chi connectivity index (χ4v) is 3.44. The second-order valence-corrected chi connectivity index (χ2v) is 6.93. The molecule has 0 unspecified atom stereocenters. The van der Waals surface area contributed by atoms with Crippen LogP contribution in [0.1, 0.15) is 33.4 Å². The van der Waals surface area contributed by atoms with Gasteiger partial charge in [-0.25, -0.2) is 0 Å². The first-order chi connectivity index (χ1) is 11.0. The summed E-state index contributed by atoms with van der Waals surface area (Å²) >= 11 is 0. The van der Waals surface area contributed by atoms with Gasteiger partial charge in [-0.05, 0) is 51.0 Å². The zero-order chi connectivity index (χ0) is 16.6. The van der Waals surface area contributed by atoms with Crippen molar-refractivity contribution < 1.29 is 4.74 Å². The van der Waals surface area contributed by atoms with E-state index in [1.807, 2.05) is 0 Å². The highest BCUT2D eigenvalue weighted by atomic mass is 16.5. The maximum Gasteiger partial charge on any atom is 0.119 e. The SMILES string of the molecule is CCc1c2cc(OC)ccc2c(-c2ccccc2)n1C(C)(C)C. The molecule has 0 radical (unpaired) electrons. The van der Waals surface area contributed by atoms with E-state index in [4.69, 9.17) is 4.74 Å². The van der Waals surface area contributed by atoms with Gasteiger partial charge in [0.1, 0.15) is 5.75 Å². The van der Waals surface area contributed by atoms with Gasteiger partial charge in [0.15, 0.2) is 0 Å². The number of nitrogens with zero attached hydrogens (tertiary/aromatic N) is 1. The molecule has 0 aliphatic heterocycles. The molecular formula is C21H25NO. The van der Waals surface area contributed by atoms with Crippen LogP contribution in [0.5, 0.6) is 5.75 Å². The van der Waals surface area contributed by atoms with Gasteiger partial charge in [-0.1, -0.05) is 37.3 Å². The Morgan fingerprint density at radius 1 is 0.957 bits per heavy atom. The molecule has 23 heavy (non-hydrogen) atoms. The Labute approximate surface area is 138 Å². The minimum absolute atomic E-state index is 0.0166. The Morgan fingerprint density at radius 3 is 2.22 bits per heavy atom. The summed E-state index contributed by atoms with van der Waals surface area (Å²) in [5.74, 6) is 0.915. The summed E-state index contributed by atoms with van der Waals surface area (Å²) in [6.45, 7) is 9.05. The lowest BCUT2D eigenvalue weighted by Gasteiger charge is -2.27. The summed E-state index contributed by atoms with van der Waals surface area (Å²) in [5.41, 5.74) is 3.94. The van der Waals surface area contributed by atoms with Gasteiger partial charge in [-0.3, -0.25) is 0 Å². The number of hydrogen-bond acceptors (Lipinski definition) is 1. The number of fused-ring (bicyclic) bond motifs is 1. The molecule has 0 saturated carbocycles. The first-order valence-corrected chi connectivity index (χ1v) is 8.24. The molecule has 0 aliphatic rings. The summed E-state index contributed by atoms with van der Waals surface area (Å²) < 4.78 is 7.95. The Morgan fingerprint density at radius 2 is 1.65 bits per heavy atom. The quantitative estimate of drug-likeness (QED) is 0.611. The van der Waals surface area contributed by atoms with E-state index in [-0.39, 0.29) is 5.54 Å². The molecule has 0 bridgehead atoms. The number of aromatic nitrogens is 1. The Hall–Kier alpha value is -2.22. The van der Waals surface area contributed by atoms with Crippen molar-refractivity contribution in [2.45, 2.75) is 39.7 Å². The van der Waals surface area contributed by atoms with Crippen LogP contribution in [0, 0.1) is 0 Å². The molecule has 0 saturated heterocycles. The molecule has 1 aromatic heterocycles. The van der Waals surface area contributed by atoms with E-state index in [0.717, 1.165) is 12.2 Å². The summed E-state index contributed by atoms with van der Waals surface area (Å²) in [5, 5.41) is 2.59. The van der Waals surface area contributed by atoms with Crippen LogP contribution in [-0.2, 0) is 12.0 Å². The monoisotopic (exact) mass is 307 g/mol. The molecule has 0 fully saturated rings. The maximum absolute atomic E-state index is 5.45. The van der Waals surface area contributed by atoms with Gasteiger partial charge < -0.3 is 9.30 Å². The molecular weight excluding hydrogens is 282 g/mol. The topological polar surface area (TPSA) is 14.2 Å². The summed E-state index contributed by atoms with van der Waals surface area (Å²) in [7, 11) is 1.73. The summed E-state index contributed by atoms with van der Waals surface area (Å²) in [4.78, 5) is 0. The number of rotatable bonds is 3. The predicted octanol–water partition coefficient (Wildman–Crippen LogP) is 5.63. The third-order valence-corrected chi connectivity index (χ3v) is 4.34. The van der Waals surface area contributed by atoms with Crippen molar-refractivity contribution in [2.75, 3.05) is 7.11 Å². The lowest BCUT2D eigenvalue weighted by Crippen LogP contribution is -2.24. The molecule has 1 heterocycles. The Bertz CT molecular complexity index is 822. The fourth-order valence-electron chi connectivity index (χ4n) is 3.44. The molecule has 0 amide bonds. The number of aryl methyl sites for hydroxylation is 1. The van der Waals surface area contributed by atoms with Gasteiger partial charge in [0.2, 0.25) is 0 Å². The van der Waals surface area contributed by atoms with Crippen LogP contribution < -0.4 is 4.74 Å². The standard InChI is InChI=1S/C21H25NO/c1-6-19-18-14-16(23-5)12-13-17(18)20(22(19)21(2,3)4)15-10-8-7-9-11-15/h7-14H,6H2,1-5H3. The van der Waals surface area contributed by atoms with Crippen molar-refractivity contribution in [1.29, 1.82) is 0 Å². The van der Waals surface area contributed by atoms with E-state index in [9.17, 15) is 0 Å². The van der Waals surface area contributed by atoms with E-state index in [2.05, 4.69) is 80.8 Å². The van der Waals surface area contributed by atoms with Crippen LogP contribution in [0.25, 0.3) is 22.0 Å². The van der Waals surface area contributed by atoms with E-state index in [0.29, 0.717) is 0 Å². The third-order valence-electron chi connectivity index (χ3n) is 4.34. The predicted molar refractivity (Wildman–Crippen MR) is 98.3 cm³/mol. The Balaban J connectivity index is 2.45. The van der Waals surface area contributed by atoms with Crippen LogP contribution in [0.3, 0.4) is 0 Å². The fraction of sp³-hybridized carbons (Fsp3) is 0.333. The molecule has 0 spiro atoms. The van der Waals surface area contributed by atoms with Crippen LogP contribution in [-0.4, -0.2) is 11.7 Å². The lowest BCUT2D eigenvalue weighted by atomic mass is 10.0. The van der Waals surface area contributed by atoms with Crippen LogP contribution >= 0.6 is 0 Å². The first kappa shape index (κ1) is 15.7. The van der Waals surface area contributed by atoms with Gasteiger partial charge in [0.25, 0.3) is 0 Å². The average Bonchev–Trinajstić information content (AvgIpc) is 2.89. The highest BCUT2D eigenvalue weighted by Crippen LogP contribution is 2.39. The number of methoxy groups -OCH3 is 1. The third kappa shape index (κ3) is 2.63. The van der Waals surface area contributed by atoms with E-state index < -0.39 is 0 Å². The second kappa shape index (κ2) is 5.77. The molecule has 0 N–H and O–H groups in total. The van der Waals surface area contributed by atoms with E-state index in [1.165, 1.54) is 27.7 Å². The molecule has 3 rings (SSSR count). The van der Waals surface area contributed by atoms with E-state index >= 15 is 0 Å². The van der Waals surface area contributed by atoms with Crippen molar-refractivity contribution in [2.24, 2.45) is 0 Å². The number of hydrogen-bond donors (Lipinski definition) is 0. The van der Waals surface area contributed by atoms with Crippen molar-refractivity contribution >= 4 is 10.8 Å². The molecule has 2 aromatic carbocycles. The molecule has 2 heteroatoms. The van der Waals surface area contributed by atoms with Crippen LogP contribution in [0.15, 0.2) is 48.5 Å². The second-order valence-electron chi connectivity index (χ2n) is 6.93. The molecule has 120 valence electrons. The van der Waals surface area contributed by atoms with Gasteiger partial charge >= 0.3 is 0 Å². The highest BCUT2D eigenvalue weighted by Gasteiger charge is 2.25. The lowest BCUT2D eigenvalue weighted by molar-refractivity contribution is 0.392. The van der Waals surface area contributed by atoms with E-state index in [1.54, 1.807) is 7.11 Å². The smallest absolute Gasteiger partial charge is 0.119 e.